The number of carbonyl (C=O) groups is 1. The molecule has 1 N–H and O–H groups in total. The number of methoxy groups -OCH3 is 1. The van der Waals surface area contributed by atoms with Gasteiger partial charge in [-0.3, -0.25) is 4.79 Å². The number of esters is 1. The SMILES string of the molecule is CCCCCCCCCCCCCC[C@@H](OCOC)[C@H](O)CCCCCCCCCCCCCCCCCC1(Sc2ccccc2)C[C@H](C)OC1=O. The first-order valence-corrected chi connectivity index (χ1v) is 23.1. The van der Waals surface area contributed by atoms with E-state index in [9.17, 15) is 9.90 Å². The molecule has 0 saturated carbocycles. The molecule has 4 atom stereocenters. The van der Waals surface area contributed by atoms with Crippen molar-refractivity contribution in [2.75, 3.05) is 13.9 Å². The molecule has 1 aromatic carbocycles. The maximum absolute atomic E-state index is 12.8. The summed E-state index contributed by atoms with van der Waals surface area (Å²) in [6, 6.07) is 10.3. The van der Waals surface area contributed by atoms with Crippen LogP contribution >= 0.6 is 11.8 Å². The molecule has 1 saturated heterocycles. The molecule has 1 unspecified atom stereocenters. The van der Waals surface area contributed by atoms with E-state index in [-0.39, 0.29) is 31.1 Å². The van der Waals surface area contributed by atoms with E-state index in [0.29, 0.717) is 0 Å². The van der Waals surface area contributed by atoms with Gasteiger partial charge in [-0.2, -0.15) is 0 Å². The van der Waals surface area contributed by atoms with Crippen molar-refractivity contribution in [2.24, 2.45) is 0 Å². The van der Waals surface area contributed by atoms with Crippen LogP contribution in [0.15, 0.2) is 35.2 Å². The van der Waals surface area contributed by atoms with Gasteiger partial charge in [-0.1, -0.05) is 198 Å². The molecule has 0 bridgehead atoms. The standard InChI is InChI=1S/C46H82O5S/c1-4-5-6-7-8-9-10-17-20-23-26-32-37-44(50-40-49-3)43(47)36-31-25-22-19-16-14-12-11-13-15-18-21-24-27-33-38-46(39-41(2)51-45(46)48)52-42-34-29-28-30-35-42/h28-30,34-35,41,43-44,47H,4-27,31-33,36-40H2,1-3H3/t41-,43+,44+,46?/m0/s1. The van der Waals surface area contributed by atoms with Crippen LogP contribution in [0, 0.1) is 0 Å². The highest BCUT2D eigenvalue weighted by atomic mass is 32.2. The lowest BCUT2D eigenvalue weighted by atomic mass is 9.96. The van der Waals surface area contributed by atoms with Crippen molar-refractivity contribution in [3.63, 3.8) is 0 Å². The summed E-state index contributed by atoms with van der Waals surface area (Å²) in [6.07, 6.45) is 38.6. The number of hydrogen-bond donors (Lipinski definition) is 1. The lowest BCUT2D eigenvalue weighted by molar-refractivity contribution is -0.142. The number of aliphatic hydroxyl groups excluding tert-OH is 1. The first-order chi connectivity index (χ1) is 25.5. The van der Waals surface area contributed by atoms with Crippen LogP contribution < -0.4 is 0 Å². The molecule has 2 rings (SSSR count). The number of carbonyl (C=O) groups excluding carboxylic acids is 1. The smallest absolute Gasteiger partial charge is 0.322 e. The van der Waals surface area contributed by atoms with Crippen LogP contribution in [0.2, 0.25) is 0 Å². The van der Waals surface area contributed by atoms with E-state index in [4.69, 9.17) is 14.2 Å². The molecule has 0 amide bonds. The second-order valence-corrected chi connectivity index (χ2v) is 17.5. The molecule has 0 spiro atoms. The number of rotatable bonds is 37. The Balaban J connectivity index is 1.38. The number of cyclic esters (lactones) is 1. The Labute approximate surface area is 325 Å². The zero-order valence-corrected chi connectivity index (χ0v) is 35.1. The van der Waals surface area contributed by atoms with Crippen molar-refractivity contribution in [3.8, 4) is 0 Å². The van der Waals surface area contributed by atoms with Gasteiger partial charge in [-0.25, -0.2) is 0 Å². The lowest BCUT2D eigenvalue weighted by Gasteiger charge is -2.24. The highest BCUT2D eigenvalue weighted by Gasteiger charge is 2.48. The average molecular weight is 747 g/mol. The van der Waals surface area contributed by atoms with Gasteiger partial charge in [0.25, 0.3) is 0 Å². The van der Waals surface area contributed by atoms with Gasteiger partial charge >= 0.3 is 5.97 Å². The molecule has 1 heterocycles. The van der Waals surface area contributed by atoms with E-state index >= 15 is 0 Å². The number of hydrogen-bond acceptors (Lipinski definition) is 6. The summed E-state index contributed by atoms with van der Waals surface area (Å²) >= 11 is 1.72. The minimum absolute atomic E-state index is 0.0121. The molecule has 0 aromatic heterocycles. The number of unbranched alkanes of at least 4 members (excludes halogenated alkanes) is 25. The third-order valence-electron chi connectivity index (χ3n) is 11.1. The molecular weight excluding hydrogens is 665 g/mol. The minimum Gasteiger partial charge on any atom is -0.462 e. The van der Waals surface area contributed by atoms with Gasteiger partial charge in [-0.15, -0.1) is 11.8 Å². The summed E-state index contributed by atoms with van der Waals surface area (Å²) in [5, 5.41) is 10.8. The highest BCUT2D eigenvalue weighted by Crippen LogP contribution is 2.46. The Morgan fingerprint density at radius 2 is 1.13 bits per heavy atom. The predicted molar refractivity (Wildman–Crippen MR) is 222 cm³/mol. The van der Waals surface area contributed by atoms with E-state index in [1.807, 2.05) is 25.1 Å². The maximum atomic E-state index is 12.8. The predicted octanol–water partition coefficient (Wildman–Crippen LogP) is 13.9. The topological polar surface area (TPSA) is 65.0 Å². The van der Waals surface area contributed by atoms with E-state index in [1.54, 1.807) is 18.9 Å². The number of ether oxygens (including phenoxy) is 3. The Morgan fingerprint density at radius 3 is 1.58 bits per heavy atom. The Hall–Kier alpha value is -1.08. The fourth-order valence-electron chi connectivity index (χ4n) is 7.91. The summed E-state index contributed by atoms with van der Waals surface area (Å²) in [7, 11) is 1.66. The van der Waals surface area contributed by atoms with Crippen molar-refractivity contribution in [3.05, 3.63) is 30.3 Å². The monoisotopic (exact) mass is 747 g/mol. The second-order valence-electron chi connectivity index (χ2n) is 16.0. The molecule has 1 aromatic rings. The van der Waals surface area contributed by atoms with Crippen molar-refractivity contribution >= 4 is 17.7 Å². The molecule has 0 radical (unpaired) electrons. The van der Waals surface area contributed by atoms with Crippen LogP contribution in [0.4, 0.5) is 0 Å². The average Bonchev–Trinajstić information content (AvgIpc) is 3.42. The number of thioether (sulfide) groups is 1. The van der Waals surface area contributed by atoms with Crippen LogP contribution in [0.25, 0.3) is 0 Å². The number of benzene rings is 1. The van der Waals surface area contributed by atoms with Crippen LogP contribution in [0.5, 0.6) is 0 Å². The second kappa shape index (κ2) is 32.2. The molecular formula is C46H82O5S. The summed E-state index contributed by atoms with van der Waals surface area (Å²) < 4.78 is 16.3. The Kier molecular flexibility index (Phi) is 29.1. The van der Waals surface area contributed by atoms with Gasteiger partial charge in [0.05, 0.1) is 12.2 Å². The zero-order chi connectivity index (χ0) is 37.4. The zero-order valence-electron chi connectivity index (χ0n) is 34.2. The summed E-state index contributed by atoms with van der Waals surface area (Å²) in [5.74, 6) is -0.0121. The molecule has 5 nitrogen and oxygen atoms in total. The summed E-state index contributed by atoms with van der Waals surface area (Å²) in [4.78, 5) is 14.0. The largest absolute Gasteiger partial charge is 0.462 e. The number of aliphatic hydroxyl groups is 1. The van der Waals surface area contributed by atoms with Crippen LogP contribution in [-0.4, -0.2) is 48.0 Å². The fourth-order valence-corrected chi connectivity index (χ4v) is 9.35. The summed E-state index contributed by atoms with van der Waals surface area (Å²) in [6.45, 7) is 4.58. The van der Waals surface area contributed by atoms with Gasteiger partial charge in [0.2, 0.25) is 0 Å². The van der Waals surface area contributed by atoms with Gasteiger partial charge < -0.3 is 19.3 Å². The van der Waals surface area contributed by atoms with Crippen LogP contribution in [-0.2, 0) is 19.0 Å². The van der Waals surface area contributed by atoms with Gasteiger partial charge in [0, 0.05) is 18.4 Å². The van der Waals surface area contributed by atoms with Gasteiger partial charge in [0.15, 0.2) is 0 Å². The maximum Gasteiger partial charge on any atom is 0.322 e. The Morgan fingerprint density at radius 1 is 0.692 bits per heavy atom. The fraction of sp³-hybridized carbons (Fsp3) is 0.848. The molecule has 302 valence electrons. The molecule has 52 heavy (non-hydrogen) atoms. The summed E-state index contributed by atoms with van der Waals surface area (Å²) in [5.41, 5.74) is 0. The van der Waals surface area contributed by atoms with Crippen LogP contribution in [0.3, 0.4) is 0 Å². The molecule has 1 aliphatic rings. The van der Waals surface area contributed by atoms with Crippen molar-refractivity contribution in [2.45, 2.75) is 241 Å². The van der Waals surface area contributed by atoms with E-state index in [2.05, 4.69) is 19.1 Å². The van der Waals surface area contributed by atoms with Gasteiger partial charge in [0.1, 0.15) is 17.6 Å². The molecule has 1 fully saturated rings. The third-order valence-corrected chi connectivity index (χ3v) is 12.5. The highest BCUT2D eigenvalue weighted by molar-refractivity contribution is 8.01. The minimum atomic E-state index is -0.405. The van der Waals surface area contributed by atoms with E-state index in [0.717, 1.165) is 44.9 Å². The van der Waals surface area contributed by atoms with Crippen molar-refractivity contribution < 1.29 is 24.1 Å². The van der Waals surface area contributed by atoms with Crippen molar-refractivity contribution in [1.29, 1.82) is 0 Å². The molecule has 1 aliphatic heterocycles. The quantitative estimate of drug-likeness (QED) is 0.0415. The third kappa shape index (κ3) is 23.0. The molecule has 6 heteroatoms. The van der Waals surface area contributed by atoms with Gasteiger partial charge in [-0.05, 0) is 38.3 Å². The van der Waals surface area contributed by atoms with Crippen LogP contribution in [0.1, 0.15) is 213 Å². The molecule has 0 aliphatic carbocycles. The van der Waals surface area contributed by atoms with E-state index < -0.39 is 4.75 Å². The van der Waals surface area contributed by atoms with E-state index in [1.165, 1.54) is 159 Å². The first kappa shape index (κ1) is 47.1. The normalized spacial score (nSPS) is 18.5. The van der Waals surface area contributed by atoms with Crippen molar-refractivity contribution in [1.82, 2.24) is 0 Å². The Bertz CT molecular complexity index is 944. The lowest BCUT2D eigenvalue weighted by Crippen LogP contribution is -2.30. The first-order valence-electron chi connectivity index (χ1n) is 22.2.